The average molecular weight is 317 g/mol. The zero-order chi connectivity index (χ0) is 16.4. The topological polar surface area (TPSA) is 46.9 Å². The van der Waals surface area contributed by atoms with Gasteiger partial charge in [-0.25, -0.2) is 4.98 Å². The number of para-hydroxylation sites is 2. The molecule has 0 aliphatic heterocycles. The highest BCUT2D eigenvalue weighted by Gasteiger charge is 2.23. The molecule has 4 nitrogen and oxygen atoms in total. The quantitative estimate of drug-likeness (QED) is 0.783. The van der Waals surface area contributed by atoms with E-state index >= 15 is 0 Å². The third kappa shape index (κ3) is 3.23. The van der Waals surface area contributed by atoms with Crippen LogP contribution in [0.4, 0.5) is 0 Å². The molecule has 1 N–H and O–H groups in total. The SMILES string of the molecule is O=C(Cn1c(C=Cc2ccccc2)nc2ccccc21)NC1CC1. The summed E-state index contributed by atoms with van der Waals surface area (Å²) in [5.41, 5.74) is 3.00. The van der Waals surface area contributed by atoms with Gasteiger partial charge in [0.05, 0.1) is 11.0 Å². The van der Waals surface area contributed by atoms with E-state index in [1.54, 1.807) is 0 Å². The molecule has 0 atom stereocenters. The highest BCUT2D eigenvalue weighted by Crippen LogP contribution is 2.20. The number of benzene rings is 2. The molecule has 4 heteroatoms. The first-order chi connectivity index (χ1) is 11.8. The van der Waals surface area contributed by atoms with Crippen molar-refractivity contribution < 1.29 is 4.79 Å². The Hall–Kier alpha value is -2.88. The first-order valence-corrected chi connectivity index (χ1v) is 8.27. The van der Waals surface area contributed by atoms with Gasteiger partial charge in [0.25, 0.3) is 0 Å². The minimum atomic E-state index is 0.0509. The van der Waals surface area contributed by atoms with Gasteiger partial charge in [-0.1, -0.05) is 48.5 Å². The number of hydrogen-bond donors (Lipinski definition) is 1. The molecule has 1 aromatic heterocycles. The van der Waals surface area contributed by atoms with Gasteiger partial charge in [0.15, 0.2) is 0 Å². The molecular formula is C20H19N3O. The van der Waals surface area contributed by atoms with Crippen LogP contribution < -0.4 is 5.32 Å². The number of aromatic nitrogens is 2. The lowest BCUT2D eigenvalue weighted by Gasteiger charge is -2.07. The van der Waals surface area contributed by atoms with E-state index in [1.807, 2.05) is 71.3 Å². The number of imidazole rings is 1. The van der Waals surface area contributed by atoms with E-state index in [-0.39, 0.29) is 5.91 Å². The molecule has 1 aliphatic rings. The van der Waals surface area contributed by atoms with Crippen molar-refractivity contribution in [3.05, 3.63) is 66.0 Å². The molecule has 24 heavy (non-hydrogen) atoms. The summed E-state index contributed by atoms with van der Waals surface area (Å²) < 4.78 is 1.98. The summed E-state index contributed by atoms with van der Waals surface area (Å²) in [6.07, 6.45) is 6.19. The lowest BCUT2D eigenvalue weighted by Crippen LogP contribution is -2.29. The Bertz CT molecular complexity index is 892. The molecule has 2 aromatic carbocycles. The molecule has 0 spiro atoms. The fraction of sp³-hybridized carbons (Fsp3) is 0.200. The molecular weight excluding hydrogens is 298 g/mol. The first kappa shape index (κ1) is 14.7. The number of nitrogens with one attached hydrogen (secondary N) is 1. The predicted molar refractivity (Wildman–Crippen MR) is 96.3 cm³/mol. The number of carbonyl (C=O) groups is 1. The first-order valence-electron chi connectivity index (χ1n) is 8.27. The number of carbonyl (C=O) groups excluding carboxylic acids is 1. The van der Waals surface area contributed by atoms with Crippen LogP contribution in [0.25, 0.3) is 23.2 Å². The lowest BCUT2D eigenvalue weighted by atomic mass is 10.2. The van der Waals surface area contributed by atoms with E-state index in [1.165, 1.54) is 0 Å². The molecule has 1 saturated carbocycles. The minimum Gasteiger partial charge on any atom is -0.352 e. The van der Waals surface area contributed by atoms with Crippen molar-refractivity contribution in [3.8, 4) is 0 Å². The van der Waals surface area contributed by atoms with Crippen molar-refractivity contribution in [2.24, 2.45) is 0 Å². The summed E-state index contributed by atoms with van der Waals surface area (Å²) in [6, 6.07) is 18.4. The van der Waals surface area contributed by atoms with E-state index in [9.17, 15) is 4.79 Å². The van der Waals surface area contributed by atoms with Crippen molar-refractivity contribution in [2.45, 2.75) is 25.4 Å². The van der Waals surface area contributed by atoms with Gasteiger partial charge in [0.2, 0.25) is 5.91 Å². The molecule has 1 fully saturated rings. The van der Waals surface area contributed by atoms with Crippen LogP contribution >= 0.6 is 0 Å². The third-order valence-corrected chi connectivity index (χ3v) is 4.15. The second-order valence-electron chi connectivity index (χ2n) is 6.13. The van der Waals surface area contributed by atoms with E-state index in [0.29, 0.717) is 12.6 Å². The van der Waals surface area contributed by atoms with Crippen molar-refractivity contribution >= 4 is 29.1 Å². The van der Waals surface area contributed by atoms with Crippen LogP contribution in [0.3, 0.4) is 0 Å². The van der Waals surface area contributed by atoms with Gasteiger partial charge in [0.1, 0.15) is 12.4 Å². The lowest BCUT2D eigenvalue weighted by molar-refractivity contribution is -0.121. The average Bonchev–Trinajstić information content (AvgIpc) is 3.35. The van der Waals surface area contributed by atoms with Crippen molar-refractivity contribution in [3.63, 3.8) is 0 Å². The fourth-order valence-corrected chi connectivity index (χ4v) is 2.77. The molecule has 3 aromatic rings. The summed E-state index contributed by atoms with van der Waals surface area (Å²) in [4.78, 5) is 16.9. The van der Waals surface area contributed by atoms with Gasteiger partial charge in [-0.3, -0.25) is 4.79 Å². The highest BCUT2D eigenvalue weighted by molar-refractivity contribution is 5.83. The molecule has 120 valence electrons. The number of fused-ring (bicyclic) bond motifs is 1. The monoisotopic (exact) mass is 317 g/mol. The molecule has 1 amide bonds. The van der Waals surface area contributed by atoms with E-state index in [0.717, 1.165) is 35.3 Å². The summed E-state index contributed by atoms with van der Waals surface area (Å²) in [5.74, 6) is 0.848. The molecule has 0 bridgehead atoms. The number of hydrogen-bond acceptors (Lipinski definition) is 2. The van der Waals surface area contributed by atoms with Crippen LogP contribution in [-0.2, 0) is 11.3 Å². The molecule has 1 heterocycles. The number of nitrogens with zero attached hydrogens (tertiary/aromatic N) is 2. The second kappa shape index (κ2) is 6.32. The Morgan fingerprint density at radius 2 is 1.83 bits per heavy atom. The maximum atomic E-state index is 12.2. The van der Waals surface area contributed by atoms with Crippen molar-refractivity contribution in [1.29, 1.82) is 0 Å². The smallest absolute Gasteiger partial charge is 0.240 e. The predicted octanol–water partition coefficient (Wildman–Crippen LogP) is 3.49. The van der Waals surface area contributed by atoms with Crippen LogP contribution in [0.1, 0.15) is 24.2 Å². The number of amides is 1. The fourth-order valence-electron chi connectivity index (χ4n) is 2.77. The van der Waals surface area contributed by atoms with Gasteiger partial charge in [-0.05, 0) is 36.6 Å². The summed E-state index contributed by atoms with van der Waals surface area (Å²) in [5, 5.41) is 3.05. The summed E-state index contributed by atoms with van der Waals surface area (Å²) in [7, 11) is 0. The van der Waals surface area contributed by atoms with Crippen molar-refractivity contribution in [2.75, 3.05) is 0 Å². The molecule has 0 saturated heterocycles. The Balaban J connectivity index is 1.66. The highest BCUT2D eigenvalue weighted by atomic mass is 16.2. The normalized spacial score (nSPS) is 14.3. The van der Waals surface area contributed by atoms with Gasteiger partial charge in [-0.2, -0.15) is 0 Å². The molecule has 1 aliphatic carbocycles. The molecule has 4 rings (SSSR count). The molecule has 0 radical (unpaired) electrons. The standard InChI is InChI=1S/C20H19N3O/c24-20(21-16-11-12-16)14-23-18-9-5-4-8-17(18)22-19(23)13-10-15-6-2-1-3-7-15/h1-10,13,16H,11-12,14H2,(H,21,24). The largest absolute Gasteiger partial charge is 0.352 e. The van der Waals surface area contributed by atoms with Crippen LogP contribution in [0.15, 0.2) is 54.6 Å². The Kier molecular flexibility index (Phi) is 3.87. The van der Waals surface area contributed by atoms with Gasteiger partial charge in [0, 0.05) is 6.04 Å². The van der Waals surface area contributed by atoms with Crippen LogP contribution in [-0.4, -0.2) is 21.5 Å². The zero-order valence-corrected chi connectivity index (χ0v) is 13.4. The second-order valence-corrected chi connectivity index (χ2v) is 6.13. The third-order valence-electron chi connectivity index (χ3n) is 4.15. The maximum Gasteiger partial charge on any atom is 0.240 e. The van der Waals surface area contributed by atoms with Gasteiger partial charge >= 0.3 is 0 Å². The van der Waals surface area contributed by atoms with Crippen molar-refractivity contribution in [1.82, 2.24) is 14.9 Å². The number of rotatable bonds is 5. The van der Waals surface area contributed by atoms with Crippen LogP contribution in [0.2, 0.25) is 0 Å². The summed E-state index contributed by atoms with van der Waals surface area (Å²) >= 11 is 0. The maximum absolute atomic E-state index is 12.2. The van der Waals surface area contributed by atoms with Gasteiger partial charge < -0.3 is 9.88 Å². The van der Waals surface area contributed by atoms with Crippen LogP contribution in [0, 0.1) is 0 Å². The van der Waals surface area contributed by atoms with Crippen LogP contribution in [0.5, 0.6) is 0 Å². The Morgan fingerprint density at radius 1 is 1.08 bits per heavy atom. The molecule has 0 unspecified atom stereocenters. The van der Waals surface area contributed by atoms with E-state index in [4.69, 9.17) is 0 Å². The van der Waals surface area contributed by atoms with Gasteiger partial charge in [-0.15, -0.1) is 0 Å². The van der Waals surface area contributed by atoms with E-state index in [2.05, 4.69) is 10.3 Å². The van der Waals surface area contributed by atoms with E-state index < -0.39 is 0 Å². The Morgan fingerprint density at radius 3 is 2.62 bits per heavy atom. The zero-order valence-electron chi connectivity index (χ0n) is 13.4. The minimum absolute atomic E-state index is 0.0509. The Labute approximate surface area is 140 Å². The summed E-state index contributed by atoms with van der Waals surface area (Å²) in [6.45, 7) is 0.297.